The van der Waals surface area contributed by atoms with Gasteiger partial charge in [0, 0.05) is 44.2 Å². The largest absolute Gasteiger partial charge is 0.309 e. The number of anilines is 3. The van der Waals surface area contributed by atoms with Crippen LogP contribution >= 0.6 is 0 Å². The number of para-hydroxylation sites is 3. The summed E-state index contributed by atoms with van der Waals surface area (Å²) in [6.07, 6.45) is 13.5. The topological polar surface area (TPSA) is 8.17 Å². The molecule has 9 aromatic carbocycles. The molecule has 0 saturated heterocycles. The number of benzene rings is 9. The summed E-state index contributed by atoms with van der Waals surface area (Å²) < 4.78 is 2.38. The summed E-state index contributed by atoms with van der Waals surface area (Å²) in [6.45, 7) is 10.8. The average molecular weight is 849 g/mol. The molecule has 0 aliphatic heterocycles. The van der Waals surface area contributed by atoms with E-state index in [4.69, 9.17) is 6.42 Å². The molecule has 0 unspecified atom stereocenters. The molecular formula is C64H52N2. The van der Waals surface area contributed by atoms with Gasteiger partial charge in [0.25, 0.3) is 0 Å². The van der Waals surface area contributed by atoms with E-state index in [-0.39, 0.29) is 0 Å². The summed E-state index contributed by atoms with van der Waals surface area (Å²) in [5.41, 5.74) is 18.7. The first-order valence-electron chi connectivity index (χ1n) is 22.9. The van der Waals surface area contributed by atoms with Crippen molar-refractivity contribution in [3.8, 4) is 29.2 Å². The van der Waals surface area contributed by atoms with Gasteiger partial charge in [-0.05, 0) is 150 Å². The van der Waals surface area contributed by atoms with E-state index in [1.165, 1.54) is 82.3 Å². The zero-order valence-electron chi connectivity index (χ0n) is 38.3. The second-order valence-corrected chi connectivity index (χ2v) is 17.3. The van der Waals surface area contributed by atoms with E-state index in [0.29, 0.717) is 0 Å². The average Bonchev–Trinajstić information content (AvgIpc) is 3.69. The fourth-order valence-corrected chi connectivity index (χ4v) is 10.0. The number of fused-ring (bicyclic) bond motifs is 5. The van der Waals surface area contributed by atoms with E-state index in [1.54, 1.807) is 0 Å². The highest BCUT2D eigenvalue weighted by Gasteiger charge is 2.23. The predicted molar refractivity (Wildman–Crippen MR) is 285 cm³/mol. The van der Waals surface area contributed by atoms with E-state index in [2.05, 4.69) is 256 Å². The van der Waals surface area contributed by atoms with Crippen LogP contribution in [0.25, 0.3) is 71.3 Å². The molecule has 0 N–H and O–H groups in total. The number of hydrogen-bond acceptors (Lipinski definition) is 1. The van der Waals surface area contributed by atoms with Crippen LogP contribution in [0.3, 0.4) is 0 Å². The van der Waals surface area contributed by atoms with Gasteiger partial charge in [-0.25, -0.2) is 0 Å². The quantitative estimate of drug-likeness (QED) is 0.0756. The van der Waals surface area contributed by atoms with Crippen LogP contribution in [-0.2, 0) is 0 Å². The zero-order chi connectivity index (χ0) is 45.3. The third-order valence-electron chi connectivity index (χ3n) is 13.4. The Balaban J connectivity index is 1.08. The minimum absolute atomic E-state index is 0.738. The van der Waals surface area contributed by atoms with E-state index < -0.39 is 0 Å². The monoisotopic (exact) mass is 848 g/mol. The Kier molecular flexibility index (Phi) is 11.3. The molecule has 0 aliphatic carbocycles. The maximum absolute atomic E-state index is 6.22. The van der Waals surface area contributed by atoms with Crippen molar-refractivity contribution in [3.05, 3.63) is 240 Å². The molecule has 0 spiro atoms. The maximum atomic E-state index is 6.22. The molecule has 0 atom stereocenters. The summed E-state index contributed by atoms with van der Waals surface area (Å²) >= 11 is 0. The molecule has 1 heterocycles. The molecule has 0 aliphatic rings. The van der Waals surface area contributed by atoms with Crippen molar-refractivity contribution in [2.24, 2.45) is 0 Å². The van der Waals surface area contributed by atoms with Crippen molar-refractivity contribution in [1.29, 1.82) is 0 Å². The number of rotatable bonds is 10. The van der Waals surface area contributed by atoms with Crippen molar-refractivity contribution >= 4 is 71.6 Å². The lowest BCUT2D eigenvalue weighted by Gasteiger charge is -2.29. The molecule has 10 aromatic rings. The van der Waals surface area contributed by atoms with Gasteiger partial charge in [0.15, 0.2) is 0 Å². The number of nitrogens with zero attached hydrogens (tertiary/aromatic N) is 2. The van der Waals surface area contributed by atoms with Crippen molar-refractivity contribution in [3.63, 3.8) is 0 Å². The maximum Gasteiger partial charge on any atom is 0.0618 e. The Morgan fingerprint density at radius 3 is 1.71 bits per heavy atom. The molecule has 0 saturated carbocycles. The highest BCUT2D eigenvalue weighted by atomic mass is 15.1. The van der Waals surface area contributed by atoms with Crippen molar-refractivity contribution < 1.29 is 0 Å². The highest BCUT2D eigenvalue weighted by molar-refractivity contribution is 6.22. The normalized spacial score (nSPS) is 12.3. The second-order valence-electron chi connectivity index (χ2n) is 17.3. The lowest BCUT2D eigenvalue weighted by Crippen LogP contribution is -2.11. The fourth-order valence-electron chi connectivity index (χ4n) is 10.0. The van der Waals surface area contributed by atoms with Crippen LogP contribution in [0.2, 0.25) is 0 Å². The Morgan fingerprint density at radius 2 is 1.12 bits per heavy atom. The van der Waals surface area contributed by atoms with Crippen LogP contribution in [0.4, 0.5) is 17.1 Å². The van der Waals surface area contributed by atoms with Crippen LogP contribution in [0.15, 0.2) is 212 Å². The van der Waals surface area contributed by atoms with Crippen LogP contribution in [-0.4, -0.2) is 4.57 Å². The van der Waals surface area contributed by atoms with Gasteiger partial charge in [0.2, 0.25) is 0 Å². The minimum atomic E-state index is 0.738. The summed E-state index contributed by atoms with van der Waals surface area (Å²) in [5, 5.41) is 7.32. The number of aryl methyl sites for hydroxylation is 2. The summed E-state index contributed by atoms with van der Waals surface area (Å²) in [7, 11) is 0. The molecule has 0 bridgehead atoms. The lowest BCUT2D eigenvalue weighted by molar-refractivity contribution is 1.17. The molecule has 2 heteroatoms. The van der Waals surface area contributed by atoms with Gasteiger partial charge in [-0.3, -0.25) is 0 Å². The summed E-state index contributed by atoms with van der Waals surface area (Å²) in [5.74, 6) is 3.04. The van der Waals surface area contributed by atoms with Gasteiger partial charge >= 0.3 is 0 Å². The summed E-state index contributed by atoms with van der Waals surface area (Å²) in [4.78, 5) is 2.44. The molecule has 1 aromatic heterocycles. The van der Waals surface area contributed by atoms with E-state index in [9.17, 15) is 0 Å². The first-order chi connectivity index (χ1) is 32.4. The molecule has 0 radical (unpaired) electrons. The van der Waals surface area contributed by atoms with Gasteiger partial charge in [0.1, 0.15) is 0 Å². The Bertz CT molecular complexity index is 3500. The van der Waals surface area contributed by atoms with E-state index >= 15 is 0 Å². The molecule has 2 nitrogen and oxygen atoms in total. The van der Waals surface area contributed by atoms with Gasteiger partial charge in [-0.2, -0.15) is 0 Å². The van der Waals surface area contributed by atoms with Crippen LogP contribution in [0.5, 0.6) is 0 Å². The predicted octanol–water partition coefficient (Wildman–Crippen LogP) is 17.6. The van der Waals surface area contributed by atoms with E-state index in [0.717, 1.165) is 45.9 Å². The van der Waals surface area contributed by atoms with Crippen LogP contribution < -0.4 is 4.90 Å². The van der Waals surface area contributed by atoms with Gasteiger partial charge in [0.05, 0.1) is 16.7 Å². The Labute approximate surface area is 389 Å². The first kappa shape index (κ1) is 41.9. The van der Waals surface area contributed by atoms with Crippen molar-refractivity contribution in [2.75, 3.05) is 4.90 Å². The minimum Gasteiger partial charge on any atom is -0.309 e. The number of aromatic nitrogens is 1. The number of terminal acetylenes is 1. The number of allylic oxidation sites excluding steroid dienone is 6. The standard InChI is InChI=1S/C64H52N2/c1-7-21-47(52(8-2)54-31-20-22-43(3)46(54)6)35-34-44(4)53-41-36-48(42-45(53)5)63-57-27-12-14-29-59(57)64(60-30-15-13-28-58(60)63)65(49-23-10-9-11-24-49)50-37-39-51(40-38-50)66-61-32-18-16-25-55(61)56-26-17-19-33-62(56)66/h2,7,9-34,36-42H,35H2,1,3-6H3/b21-7-,44-34-,52-47-. The zero-order valence-corrected chi connectivity index (χ0v) is 38.3. The van der Waals surface area contributed by atoms with Gasteiger partial charge in [-0.15, -0.1) is 6.42 Å². The number of hydrogen-bond donors (Lipinski definition) is 0. The highest BCUT2D eigenvalue weighted by Crippen LogP contribution is 2.48. The lowest BCUT2D eigenvalue weighted by atomic mass is 9.88. The third kappa shape index (κ3) is 7.39. The van der Waals surface area contributed by atoms with Crippen molar-refractivity contribution in [1.82, 2.24) is 4.57 Å². The Morgan fingerprint density at radius 1 is 0.561 bits per heavy atom. The van der Waals surface area contributed by atoms with Crippen LogP contribution in [0.1, 0.15) is 48.1 Å². The first-order valence-corrected chi connectivity index (χ1v) is 22.9. The molecule has 318 valence electrons. The van der Waals surface area contributed by atoms with Gasteiger partial charge in [-0.1, -0.05) is 164 Å². The third-order valence-corrected chi connectivity index (χ3v) is 13.4. The molecule has 66 heavy (non-hydrogen) atoms. The molecular weight excluding hydrogens is 797 g/mol. The van der Waals surface area contributed by atoms with Crippen molar-refractivity contribution in [2.45, 2.75) is 41.0 Å². The SMILES string of the molecule is C#C/C(=C(\C=C/C)C/C=C(/C)c1ccc(-c2c3ccccc3c(N(c3ccccc3)c3ccc(-n4c5ccccc5c5ccccc54)cc3)c3ccccc23)cc1C)c1cccc(C)c1C. The van der Waals surface area contributed by atoms with E-state index in [1.807, 2.05) is 0 Å². The summed E-state index contributed by atoms with van der Waals surface area (Å²) in [6, 6.07) is 68.4. The fraction of sp³-hybridized carbons (Fsp3) is 0.0938. The van der Waals surface area contributed by atoms with Gasteiger partial charge < -0.3 is 9.47 Å². The smallest absolute Gasteiger partial charge is 0.0618 e. The molecule has 0 amide bonds. The molecule has 0 fully saturated rings. The van der Waals surface area contributed by atoms with Crippen LogP contribution in [0, 0.1) is 33.1 Å². The Hall–Kier alpha value is -8.12. The second kappa shape index (κ2) is 17.8. The molecule has 10 rings (SSSR count).